The van der Waals surface area contributed by atoms with Crippen molar-refractivity contribution in [1.82, 2.24) is 0 Å². The Labute approximate surface area is 131 Å². The molecule has 0 atom stereocenters. The lowest BCUT2D eigenvalue weighted by Crippen LogP contribution is -2.19. The second-order valence-electron chi connectivity index (χ2n) is 7.36. The second kappa shape index (κ2) is 5.88. The van der Waals surface area contributed by atoms with Crippen molar-refractivity contribution in [1.29, 1.82) is 0 Å². The molecule has 0 spiro atoms. The number of aryl methyl sites for hydroxylation is 1. The fourth-order valence-electron chi connectivity index (χ4n) is 2.74. The molecule has 0 aliphatic heterocycles. The van der Waals surface area contributed by atoms with Crippen molar-refractivity contribution in [3.05, 3.63) is 34.9 Å². The van der Waals surface area contributed by atoms with Gasteiger partial charge in [0.2, 0.25) is 0 Å². The summed E-state index contributed by atoms with van der Waals surface area (Å²) in [4.78, 5) is 0. The van der Waals surface area contributed by atoms with E-state index in [2.05, 4.69) is 0 Å². The molecule has 0 aromatic heterocycles. The van der Waals surface area contributed by atoms with Crippen LogP contribution in [0.1, 0.15) is 63.1 Å². The van der Waals surface area contributed by atoms with Crippen molar-refractivity contribution in [2.45, 2.75) is 64.5 Å². The number of hydrogen-bond donors (Lipinski definition) is 1. The van der Waals surface area contributed by atoms with E-state index < -0.39 is 11.7 Å². The van der Waals surface area contributed by atoms with Gasteiger partial charge in [-0.25, -0.2) is 0 Å². The van der Waals surface area contributed by atoms with Gasteiger partial charge in [0, 0.05) is 0 Å². The highest BCUT2D eigenvalue weighted by molar-refractivity contribution is 5.36. The molecule has 0 unspecified atom stereocenters. The van der Waals surface area contributed by atoms with Crippen molar-refractivity contribution in [2.75, 3.05) is 6.54 Å². The lowest BCUT2D eigenvalue weighted by molar-refractivity contribution is -0.137. The molecule has 2 N–H and O–H groups in total. The van der Waals surface area contributed by atoms with E-state index in [0.717, 1.165) is 36.8 Å². The van der Waals surface area contributed by atoms with Gasteiger partial charge in [-0.1, -0.05) is 26.8 Å². The van der Waals surface area contributed by atoms with Crippen LogP contribution in [0.15, 0.2) is 18.2 Å². The third kappa shape index (κ3) is 3.83. The van der Waals surface area contributed by atoms with Crippen LogP contribution in [-0.4, -0.2) is 6.54 Å². The Balaban J connectivity index is 2.30. The molecule has 1 aromatic rings. The Kier molecular flexibility index (Phi) is 4.63. The molecular weight excluding hydrogens is 287 g/mol. The molecular formula is C18H26F3N. The molecule has 1 aliphatic carbocycles. The minimum Gasteiger partial charge on any atom is -0.330 e. The highest BCUT2D eigenvalue weighted by atomic mass is 19.4. The first kappa shape index (κ1) is 17.3. The van der Waals surface area contributed by atoms with E-state index in [1.165, 1.54) is 12.1 Å². The first-order valence-corrected chi connectivity index (χ1v) is 8.04. The lowest BCUT2D eigenvalue weighted by atomic mass is 9.80. The molecule has 1 aromatic carbocycles. The Morgan fingerprint density at radius 2 is 1.68 bits per heavy atom. The predicted octanol–water partition coefficient (Wildman–Crippen LogP) is 5.06. The number of halogens is 3. The lowest BCUT2D eigenvalue weighted by Gasteiger charge is -2.25. The summed E-state index contributed by atoms with van der Waals surface area (Å²) in [5, 5.41) is 0. The van der Waals surface area contributed by atoms with Crippen LogP contribution in [0.2, 0.25) is 0 Å². The van der Waals surface area contributed by atoms with Gasteiger partial charge in [-0.3, -0.25) is 0 Å². The summed E-state index contributed by atoms with van der Waals surface area (Å²) < 4.78 is 39.5. The van der Waals surface area contributed by atoms with Crippen molar-refractivity contribution in [3.8, 4) is 0 Å². The topological polar surface area (TPSA) is 26.0 Å². The van der Waals surface area contributed by atoms with E-state index in [1.807, 2.05) is 26.8 Å². The molecule has 1 fully saturated rings. The molecule has 124 valence electrons. The number of hydrogen-bond acceptors (Lipinski definition) is 1. The summed E-state index contributed by atoms with van der Waals surface area (Å²) in [6.07, 6.45) is 0.288. The Hall–Kier alpha value is -1.03. The molecule has 1 nitrogen and oxygen atoms in total. The molecule has 1 saturated carbocycles. The van der Waals surface area contributed by atoms with E-state index >= 15 is 0 Å². The first-order valence-electron chi connectivity index (χ1n) is 8.04. The molecule has 1 aliphatic rings. The van der Waals surface area contributed by atoms with Gasteiger partial charge in [0.15, 0.2) is 0 Å². The first-order chi connectivity index (χ1) is 10.1. The summed E-state index contributed by atoms with van der Waals surface area (Å²) >= 11 is 0. The van der Waals surface area contributed by atoms with Gasteiger partial charge in [0.25, 0.3) is 0 Å². The van der Waals surface area contributed by atoms with Crippen LogP contribution in [0.5, 0.6) is 0 Å². The van der Waals surface area contributed by atoms with E-state index in [1.54, 1.807) is 0 Å². The average Bonchev–Trinajstić information content (AvgIpc) is 3.24. The van der Waals surface area contributed by atoms with Crippen molar-refractivity contribution in [2.24, 2.45) is 11.1 Å². The second-order valence-corrected chi connectivity index (χ2v) is 7.36. The largest absolute Gasteiger partial charge is 0.416 e. The summed E-state index contributed by atoms with van der Waals surface area (Å²) in [6.45, 7) is 6.63. The van der Waals surface area contributed by atoms with Gasteiger partial charge in [-0.15, -0.1) is 0 Å². The maximum absolute atomic E-state index is 13.2. The molecule has 0 bridgehead atoms. The van der Waals surface area contributed by atoms with Crippen LogP contribution in [0.25, 0.3) is 0 Å². The maximum atomic E-state index is 13.2. The highest BCUT2D eigenvalue weighted by Crippen LogP contribution is 2.48. The number of nitrogens with two attached hydrogens (primary N) is 1. The minimum atomic E-state index is -4.29. The molecule has 22 heavy (non-hydrogen) atoms. The van der Waals surface area contributed by atoms with Gasteiger partial charge >= 0.3 is 6.18 Å². The van der Waals surface area contributed by atoms with Crippen LogP contribution < -0.4 is 5.73 Å². The van der Waals surface area contributed by atoms with Crippen LogP contribution >= 0.6 is 0 Å². The fourth-order valence-corrected chi connectivity index (χ4v) is 2.74. The SMILES string of the molecule is CCC(C)(C)c1cc(CCC2(CN)CC2)cc(C(F)(F)F)c1. The molecule has 0 heterocycles. The number of alkyl halides is 3. The average molecular weight is 313 g/mol. The van der Waals surface area contributed by atoms with Crippen molar-refractivity contribution >= 4 is 0 Å². The zero-order valence-corrected chi connectivity index (χ0v) is 13.7. The standard InChI is InChI=1S/C18H26F3N/c1-4-16(2,3)14-9-13(5-6-17(12-22)7-8-17)10-15(11-14)18(19,20)21/h9-11H,4-8,12,22H2,1-3H3. The highest BCUT2D eigenvalue weighted by Gasteiger charge is 2.40. The monoisotopic (exact) mass is 313 g/mol. The minimum absolute atomic E-state index is 0.189. The van der Waals surface area contributed by atoms with Crippen LogP contribution in [0.4, 0.5) is 13.2 Å². The fraction of sp³-hybridized carbons (Fsp3) is 0.667. The number of rotatable bonds is 6. The van der Waals surface area contributed by atoms with Gasteiger partial charge in [-0.05, 0) is 72.7 Å². The van der Waals surface area contributed by atoms with E-state index in [4.69, 9.17) is 5.73 Å². The molecule has 0 radical (unpaired) electrons. The van der Waals surface area contributed by atoms with Gasteiger partial charge in [-0.2, -0.15) is 13.2 Å². The Morgan fingerprint density at radius 3 is 2.14 bits per heavy atom. The van der Waals surface area contributed by atoms with E-state index in [9.17, 15) is 13.2 Å². The van der Waals surface area contributed by atoms with Gasteiger partial charge in [0.05, 0.1) is 5.56 Å². The summed E-state index contributed by atoms with van der Waals surface area (Å²) in [6, 6.07) is 4.57. The third-order valence-electron chi connectivity index (χ3n) is 5.32. The van der Waals surface area contributed by atoms with Gasteiger partial charge < -0.3 is 5.73 Å². The summed E-state index contributed by atoms with van der Waals surface area (Å²) in [7, 11) is 0. The predicted molar refractivity (Wildman–Crippen MR) is 83.8 cm³/mol. The smallest absolute Gasteiger partial charge is 0.330 e. The molecule has 2 rings (SSSR count). The quantitative estimate of drug-likeness (QED) is 0.780. The summed E-state index contributed by atoms with van der Waals surface area (Å²) in [5.41, 5.74) is 6.74. The molecule has 4 heteroatoms. The zero-order valence-electron chi connectivity index (χ0n) is 13.7. The molecule has 0 amide bonds. The molecule has 0 saturated heterocycles. The Bertz CT molecular complexity index is 528. The van der Waals surface area contributed by atoms with Gasteiger partial charge in [0.1, 0.15) is 0 Å². The van der Waals surface area contributed by atoms with E-state index in [0.29, 0.717) is 13.0 Å². The zero-order chi connectivity index (χ0) is 16.6. The van der Waals surface area contributed by atoms with Crippen LogP contribution in [0.3, 0.4) is 0 Å². The third-order valence-corrected chi connectivity index (χ3v) is 5.32. The van der Waals surface area contributed by atoms with E-state index in [-0.39, 0.29) is 10.8 Å². The van der Waals surface area contributed by atoms with Crippen molar-refractivity contribution < 1.29 is 13.2 Å². The maximum Gasteiger partial charge on any atom is 0.416 e. The number of benzene rings is 1. The van der Waals surface area contributed by atoms with Crippen LogP contribution in [0, 0.1) is 5.41 Å². The normalized spacial score (nSPS) is 17.6. The van der Waals surface area contributed by atoms with Crippen LogP contribution in [-0.2, 0) is 18.0 Å². The Morgan fingerprint density at radius 1 is 1.09 bits per heavy atom. The van der Waals surface area contributed by atoms with Crippen molar-refractivity contribution in [3.63, 3.8) is 0 Å². The summed E-state index contributed by atoms with van der Waals surface area (Å²) in [5.74, 6) is 0.